The second kappa shape index (κ2) is 7.75. The number of fused-ring (bicyclic) bond motifs is 2. The first-order valence-electron chi connectivity index (χ1n) is 9.46. The van der Waals surface area contributed by atoms with E-state index in [4.69, 9.17) is 4.74 Å². The number of nitrogens with zero attached hydrogens (tertiary/aromatic N) is 2. The molecule has 146 valence electrons. The van der Waals surface area contributed by atoms with E-state index in [1.165, 1.54) is 10.5 Å². The van der Waals surface area contributed by atoms with Crippen LogP contribution in [0.4, 0.5) is 11.4 Å². The van der Waals surface area contributed by atoms with Crippen LogP contribution in [0.3, 0.4) is 0 Å². The highest BCUT2D eigenvalue weighted by Gasteiger charge is 2.30. The van der Waals surface area contributed by atoms with E-state index in [1.54, 1.807) is 36.5 Å². The van der Waals surface area contributed by atoms with E-state index in [9.17, 15) is 9.59 Å². The van der Waals surface area contributed by atoms with E-state index in [0.29, 0.717) is 28.6 Å². The summed E-state index contributed by atoms with van der Waals surface area (Å²) in [4.78, 5) is 31.4. The average Bonchev–Trinajstić information content (AvgIpc) is 2.83. The third-order valence-electron chi connectivity index (χ3n) is 4.77. The van der Waals surface area contributed by atoms with Crippen molar-refractivity contribution in [1.82, 2.24) is 4.98 Å². The zero-order valence-electron chi connectivity index (χ0n) is 16.3. The minimum absolute atomic E-state index is 0.139. The molecule has 0 unspecified atom stereocenters. The summed E-state index contributed by atoms with van der Waals surface area (Å²) in [6.07, 6.45) is 1.57. The molecule has 29 heavy (non-hydrogen) atoms. The summed E-state index contributed by atoms with van der Waals surface area (Å²) in [5.74, 6) is 0.505. The van der Waals surface area contributed by atoms with Crippen LogP contribution in [0, 0.1) is 0 Å². The van der Waals surface area contributed by atoms with Gasteiger partial charge >= 0.3 is 0 Å². The van der Waals surface area contributed by atoms with E-state index >= 15 is 0 Å². The smallest absolute Gasteiger partial charge is 0.264 e. The second-order valence-electron chi connectivity index (χ2n) is 7.14. The first-order chi connectivity index (χ1) is 14.0. The number of carbonyl (C=O) groups excluding carboxylic acids is 2. The predicted octanol–water partition coefficient (Wildman–Crippen LogP) is 4.60. The normalized spacial score (nSPS) is 12.7. The fourth-order valence-electron chi connectivity index (χ4n) is 3.21. The Balaban J connectivity index is 1.59. The van der Waals surface area contributed by atoms with Gasteiger partial charge < -0.3 is 10.1 Å². The van der Waals surface area contributed by atoms with Crippen molar-refractivity contribution in [3.05, 3.63) is 78.0 Å². The summed E-state index contributed by atoms with van der Waals surface area (Å²) in [6, 6.07) is 18.1. The molecule has 1 aromatic heterocycles. The fraction of sp³-hybridized carbons (Fsp3) is 0.174. The summed E-state index contributed by atoms with van der Waals surface area (Å²) >= 11 is 0. The van der Waals surface area contributed by atoms with Gasteiger partial charge in [-0.1, -0.05) is 38.1 Å². The number of hydrogen-bond acceptors (Lipinski definition) is 4. The zero-order chi connectivity index (χ0) is 20.4. The number of ether oxygens (including phenoxy) is 1. The van der Waals surface area contributed by atoms with Crippen molar-refractivity contribution in [3.63, 3.8) is 0 Å². The second-order valence-corrected chi connectivity index (χ2v) is 7.14. The quantitative estimate of drug-likeness (QED) is 0.710. The van der Waals surface area contributed by atoms with Gasteiger partial charge in [0.25, 0.3) is 5.91 Å². The number of amides is 2. The SMILES string of the molecule is CC(C)c1ccc(NC(=O)CN2C(=O)c3cccnc3Oc3ccccc32)cc1. The van der Waals surface area contributed by atoms with Gasteiger partial charge in [-0.15, -0.1) is 0 Å². The van der Waals surface area contributed by atoms with Gasteiger partial charge in [-0.2, -0.15) is 0 Å². The molecule has 2 heterocycles. The molecule has 0 bridgehead atoms. The Hall–Kier alpha value is -3.67. The highest BCUT2D eigenvalue weighted by molar-refractivity contribution is 6.12. The maximum Gasteiger partial charge on any atom is 0.264 e. The lowest BCUT2D eigenvalue weighted by Gasteiger charge is -2.21. The number of rotatable bonds is 4. The Kier molecular flexibility index (Phi) is 4.99. The standard InChI is InChI=1S/C23H21N3O3/c1-15(2)16-9-11-17(12-10-16)25-21(27)14-26-19-7-3-4-8-20(19)29-22-18(23(26)28)6-5-13-24-22/h3-13,15H,14H2,1-2H3,(H,25,27). The number of anilines is 2. The summed E-state index contributed by atoms with van der Waals surface area (Å²) < 4.78 is 5.83. The summed E-state index contributed by atoms with van der Waals surface area (Å²) in [7, 11) is 0. The lowest BCUT2D eigenvalue weighted by molar-refractivity contribution is -0.114. The summed E-state index contributed by atoms with van der Waals surface area (Å²) in [6.45, 7) is 4.09. The lowest BCUT2D eigenvalue weighted by Crippen LogP contribution is -2.37. The summed E-state index contributed by atoms with van der Waals surface area (Å²) in [5, 5.41) is 2.86. The maximum atomic E-state index is 13.1. The summed E-state index contributed by atoms with van der Waals surface area (Å²) in [5.41, 5.74) is 2.73. The number of pyridine rings is 1. The number of nitrogens with one attached hydrogen (secondary N) is 1. The van der Waals surface area contributed by atoms with Gasteiger partial charge in [-0.05, 0) is 47.9 Å². The molecule has 1 N–H and O–H groups in total. The van der Waals surface area contributed by atoms with E-state index in [1.807, 2.05) is 30.3 Å². The molecule has 0 spiro atoms. The molecule has 3 aromatic rings. The number of carbonyl (C=O) groups is 2. The molecule has 0 aliphatic carbocycles. The highest BCUT2D eigenvalue weighted by atomic mass is 16.5. The molecular weight excluding hydrogens is 366 g/mol. The van der Waals surface area contributed by atoms with Crippen LogP contribution in [0.25, 0.3) is 0 Å². The molecule has 1 aliphatic heterocycles. The molecule has 0 fully saturated rings. The molecular formula is C23H21N3O3. The largest absolute Gasteiger partial charge is 0.436 e. The van der Waals surface area contributed by atoms with Crippen molar-refractivity contribution in [1.29, 1.82) is 0 Å². The molecule has 2 amide bonds. The van der Waals surface area contributed by atoms with Gasteiger partial charge in [0.1, 0.15) is 12.1 Å². The molecule has 0 atom stereocenters. The Morgan fingerprint density at radius 3 is 2.59 bits per heavy atom. The maximum absolute atomic E-state index is 13.1. The van der Waals surface area contributed by atoms with Crippen LogP contribution in [0.1, 0.15) is 35.7 Å². The van der Waals surface area contributed by atoms with Gasteiger partial charge in [0.05, 0.1) is 5.69 Å². The van der Waals surface area contributed by atoms with Crippen molar-refractivity contribution in [3.8, 4) is 11.6 Å². The predicted molar refractivity (Wildman–Crippen MR) is 112 cm³/mol. The van der Waals surface area contributed by atoms with E-state index in [2.05, 4.69) is 24.1 Å². The van der Waals surface area contributed by atoms with Crippen LogP contribution in [0.15, 0.2) is 66.9 Å². The van der Waals surface area contributed by atoms with Crippen LogP contribution < -0.4 is 15.0 Å². The molecule has 6 nitrogen and oxygen atoms in total. The topological polar surface area (TPSA) is 71.5 Å². The number of aromatic nitrogens is 1. The van der Waals surface area contributed by atoms with Crippen LogP contribution in [-0.4, -0.2) is 23.3 Å². The Morgan fingerprint density at radius 1 is 1.07 bits per heavy atom. The highest BCUT2D eigenvalue weighted by Crippen LogP contribution is 2.37. The van der Waals surface area contributed by atoms with Gasteiger partial charge in [0, 0.05) is 11.9 Å². The van der Waals surface area contributed by atoms with Crippen LogP contribution in [0.5, 0.6) is 11.6 Å². The molecule has 0 saturated carbocycles. The third kappa shape index (κ3) is 3.82. The Morgan fingerprint density at radius 2 is 1.83 bits per heavy atom. The van der Waals surface area contributed by atoms with Gasteiger partial charge in [-0.25, -0.2) is 4.98 Å². The van der Waals surface area contributed by atoms with E-state index in [0.717, 1.165) is 0 Å². The molecule has 0 radical (unpaired) electrons. The van der Waals surface area contributed by atoms with Gasteiger partial charge in [0.15, 0.2) is 5.75 Å². The molecule has 6 heteroatoms. The third-order valence-corrected chi connectivity index (χ3v) is 4.77. The minimum Gasteiger partial charge on any atom is -0.436 e. The minimum atomic E-state index is -0.330. The average molecular weight is 387 g/mol. The van der Waals surface area contributed by atoms with E-state index < -0.39 is 0 Å². The van der Waals surface area contributed by atoms with Crippen LogP contribution in [-0.2, 0) is 4.79 Å². The van der Waals surface area contributed by atoms with E-state index in [-0.39, 0.29) is 24.2 Å². The number of benzene rings is 2. The first kappa shape index (κ1) is 18.7. The van der Waals surface area contributed by atoms with Crippen molar-refractivity contribution in [2.45, 2.75) is 19.8 Å². The molecule has 0 saturated heterocycles. The number of para-hydroxylation sites is 2. The van der Waals surface area contributed by atoms with Gasteiger partial charge in [-0.3, -0.25) is 14.5 Å². The van der Waals surface area contributed by atoms with Crippen LogP contribution in [0.2, 0.25) is 0 Å². The number of hydrogen-bond donors (Lipinski definition) is 1. The van der Waals surface area contributed by atoms with Crippen molar-refractivity contribution < 1.29 is 14.3 Å². The lowest BCUT2D eigenvalue weighted by atomic mass is 10.0. The fourth-order valence-corrected chi connectivity index (χ4v) is 3.21. The molecule has 4 rings (SSSR count). The molecule has 1 aliphatic rings. The van der Waals surface area contributed by atoms with Crippen molar-refractivity contribution in [2.24, 2.45) is 0 Å². The monoisotopic (exact) mass is 387 g/mol. The van der Waals surface area contributed by atoms with Crippen molar-refractivity contribution >= 4 is 23.2 Å². The first-order valence-corrected chi connectivity index (χ1v) is 9.46. The Bertz CT molecular complexity index is 1060. The van der Waals surface area contributed by atoms with Crippen molar-refractivity contribution in [2.75, 3.05) is 16.8 Å². The molecule has 2 aromatic carbocycles. The zero-order valence-corrected chi connectivity index (χ0v) is 16.3. The van der Waals surface area contributed by atoms with Gasteiger partial charge in [0.2, 0.25) is 11.8 Å². The van der Waals surface area contributed by atoms with Crippen LogP contribution >= 0.6 is 0 Å². The Labute approximate surface area is 169 Å².